The molecule has 152 valence electrons. The fourth-order valence-electron chi connectivity index (χ4n) is 3.96. The number of furan rings is 1. The largest absolute Gasteiger partial charge is 0.497 e. The number of anilines is 1. The van der Waals surface area contributed by atoms with Crippen LogP contribution < -0.4 is 10.1 Å². The number of nitrogens with zero attached hydrogens (tertiary/aromatic N) is 1. The summed E-state index contributed by atoms with van der Waals surface area (Å²) >= 11 is 1.61. The molecule has 0 saturated carbocycles. The Bertz CT molecular complexity index is 941. The van der Waals surface area contributed by atoms with Gasteiger partial charge in [0.05, 0.1) is 19.4 Å². The van der Waals surface area contributed by atoms with E-state index < -0.39 is 0 Å². The number of benzene rings is 1. The molecule has 3 aromatic rings. The van der Waals surface area contributed by atoms with Crippen LogP contribution in [0.4, 0.5) is 5.00 Å². The van der Waals surface area contributed by atoms with Gasteiger partial charge in [-0.3, -0.25) is 9.69 Å². The SMILES string of the molecule is COc1ccc([C@H](c2cc(C)sc2NC(=O)c2ccco2)N2CCCCC2)cc1. The van der Waals surface area contributed by atoms with Crippen LogP contribution in [-0.2, 0) is 0 Å². The number of carbonyl (C=O) groups is 1. The van der Waals surface area contributed by atoms with Gasteiger partial charge in [-0.1, -0.05) is 18.6 Å². The molecule has 2 aromatic heterocycles. The molecule has 4 rings (SSSR count). The van der Waals surface area contributed by atoms with Gasteiger partial charge in [0, 0.05) is 10.4 Å². The van der Waals surface area contributed by atoms with Gasteiger partial charge in [-0.2, -0.15) is 0 Å². The van der Waals surface area contributed by atoms with E-state index in [1.807, 2.05) is 12.1 Å². The zero-order valence-electron chi connectivity index (χ0n) is 16.8. The zero-order valence-corrected chi connectivity index (χ0v) is 17.6. The number of aryl methyl sites for hydroxylation is 1. The maximum Gasteiger partial charge on any atom is 0.291 e. The standard InChI is InChI=1S/C23H26N2O3S/c1-16-15-19(23(29-16)24-22(26)20-7-6-14-28-20)21(25-12-4-3-5-13-25)17-8-10-18(27-2)11-9-17/h6-11,14-15,21H,3-5,12-13H2,1-2H3,(H,24,26)/t21-/m1/s1. The molecular weight excluding hydrogens is 384 g/mol. The summed E-state index contributed by atoms with van der Waals surface area (Å²) < 4.78 is 10.6. The third-order valence-corrected chi connectivity index (χ3v) is 6.32. The van der Waals surface area contributed by atoms with Gasteiger partial charge in [-0.05, 0) is 68.8 Å². The van der Waals surface area contributed by atoms with Crippen molar-refractivity contribution in [2.24, 2.45) is 0 Å². The van der Waals surface area contributed by atoms with Crippen LogP contribution in [0, 0.1) is 6.92 Å². The van der Waals surface area contributed by atoms with Gasteiger partial charge in [0.1, 0.15) is 10.8 Å². The van der Waals surface area contributed by atoms with E-state index in [4.69, 9.17) is 9.15 Å². The number of piperidine rings is 1. The highest BCUT2D eigenvalue weighted by molar-refractivity contribution is 7.16. The lowest BCUT2D eigenvalue weighted by Crippen LogP contribution is -2.34. The average molecular weight is 411 g/mol. The second-order valence-electron chi connectivity index (χ2n) is 7.35. The van der Waals surface area contributed by atoms with Crippen molar-refractivity contribution in [3.63, 3.8) is 0 Å². The highest BCUT2D eigenvalue weighted by Crippen LogP contribution is 2.40. The highest BCUT2D eigenvalue weighted by atomic mass is 32.1. The summed E-state index contributed by atoms with van der Waals surface area (Å²) in [5, 5.41) is 3.96. The van der Waals surface area contributed by atoms with E-state index in [0.717, 1.165) is 29.4 Å². The topological polar surface area (TPSA) is 54.7 Å². The molecule has 0 unspecified atom stereocenters. The van der Waals surface area contributed by atoms with E-state index in [-0.39, 0.29) is 11.9 Å². The van der Waals surface area contributed by atoms with Crippen molar-refractivity contribution < 1.29 is 13.9 Å². The van der Waals surface area contributed by atoms with Crippen LogP contribution >= 0.6 is 11.3 Å². The number of amides is 1. The fourth-order valence-corrected chi connectivity index (χ4v) is 4.90. The van der Waals surface area contributed by atoms with Crippen LogP contribution in [0.5, 0.6) is 5.75 Å². The van der Waals surface area contributed by atoms with Crippen molar-refractivity contribution in [3.8, 4) is 5.75 Å². The van der Waals surface area contributed by atoms with E-state index in [1.54, 1.807) is 30.6 Å². The van der Waals surface area contributed by atoms with E-state index in [2.05, 4.69) is 35.3 Å². The monoisotopic (exact) mass is 410 g/mol. The number of hydrogen-bond donors (Lipinski definition) is 1. The Kier molecular flexibility index (Phi) is 6.02. The number of likely N-dealkylation sites (tertiary alicyclic amines) is 1. The van der Waals surface area contributed by atoms with Crippen molar-refractivity contribution in [2.75, 3.05) is 25.5 Å². The maximum absolute atomic E-state index is 12.6. The molecule has 1 amide bonds. The first-order valence-corrected chi connectivity index (χ1v) is 10.8. The minimum absolute atomic E-state index is 0.0954. The maximum atomic E-state index is 12.6. The lowest BCUT2D eigenvalue weighted by atomic mass is 9.96. The molecule has 1 atom stereocenters. The summed E-state index contributed by atoms with van der Waals surface area (Å²) in [5.41, 5.74) is 2.35. The van der Waals surface area contributed by atoms with E-state index in [0.29, 0.717) is 5.76 Å². The third-order valence-electron chi connectivity index (χ3n) is 5.34. The fraction of sp³-hybridized carbons (Fsp3) is 0.348. The summed E-state index contributed by atoms with van der Waals surface area (Å²) in [6.45, 7) is 4.19. The van der Waals surface area contributed by atoms with Crippen molar-refractivity contribution in [1.29, 1.82) is 0 Å². The predicted molar refractivity (Wildman–Crippen MR) is 116 cm³/mol. The Morgan fingerprint density at radius 3 is 2.59 bits per heavy atom. The van der Waals surface area contributed by atoms with Crippen molar-refractivity contribution in [3.05, 3.63) is 70.5 Å². The minimum atomic E-state index is -0.217. The summed E-state index contributed by atoms with van der Waals surface area (Å²) in [6.07, 6.45) is 5.19. The van der Waals surface area contributed by atoms with Crippen molar-refractivity contribution in [1.82, 2.24) is 4.90 Å². The average Bonchev–Trinajstić information content (AvgIpc) is 3.40. The van der Waals surface area contributed by atoms with Gasteiger partial charge < -0.3 is 14.5 Å². The second-order valence-corrected chi connectivity index (χ2v) is 8.60. The van der Waals surface area contributed by atoms with E-state index in [9.17, 15) is 4.79 Å². The number of rotatable bonds is 6. The molecule has 1 fully saturated rings. The minimum Gasteiger partial charge on any atom is -0.497 e. The molecule has 0 spiro atoms. The molecule has 1 aromatic carbocycles. The number of ether oxygens (including phenoxy) is 1. The van der Waals surface area contributed by atoms with Crippen LogP contribution in [-0.4, -0.2) is 31.0 Å². The molecule has 0 aliphatic carbocycles. The Balaban J connectivity index is 1.70. The normalized spacial score (nSPS) is 15.8. The van der Waals surface area contributed by atoms with Crippen LogP contribution in [0.1, 0.15) is 51.9 Å². The first-order valence-electron chi connectivity index (χ1n) is 9.99. The molecule has 5 nitrogen and oxygen atoms in total. The quantitative estimate of drug-likeness (QED) is 0.584. The lowest BCUT2D eigenvalue weighted by Gasteiger charge is -2.35. The first-order chi connectivity index (χ1) is 14.2. The molecule has 0 radical (unpaired) electrons. The molecule has 6 heteroatoms. The van der Waals surface area contributed by atoms with E-state index >= 15 is 0 Å². The molecule has 1 aliphatic rings. The van der Waals surface area contributed by atoms with Gasteiger partial charge in [0.2, 0.25) is 0 Å². The number of thiophene rings is 1. The smallest absolute Gasteiger partial charge is 0.291 e. The number of hydrogen-bond acceptors (Lipinski definition) is 5. The summed E-state index contributed by atoms with van der Waals surface area (Å²) in [5.74, 6) is 0.949. The molecule has 29 heavy (non-hydrogen) atoms. The van der Waals surface area contributed by atoms with Crippen molar-refractivity contribution >= 4 is 22.2 Å². The van der Waals surface area contributed by atoms with Crippen LogP contribution in [0.15, 0.2) is 53.1 Å². The summed E-state index contributed by atoms with van der Waals surface area (Å²) in [7, 11) is 1.68. The van der Waals surface area contributed by atoms with Gasteiger partial charge in [0.25, 0.3) is 5.91 Å². The first kappa shape index (κ1) is 19.7. The van der Waals surface area contributed by atoms with Crippen LogP contribution in [0.25, 0.3) is 0 Å². The molecule has 1 saturated heterocycles. The van der Waals surface area contributed by atoms with Gasteiger partial charge in [0.15, 0.2) is 5.76 Å². The molecule has 1 N–H and O–H groups in total. The van der Waals surface area contributed by atoms with Gasteiger partial charge in [-0.25, -0.2) is 0 Å². The Morgan fingerprint density at radius 2 is 1.93 bits per heavy atom. The highest BCUT2D eigenvalue weighted by Gasteiger charge is 2.28. The third kappa shape index (κ3) is 4.38. The van der Waals surface area contributed by atoms with Crippen LogP contribution in [0.2, 0.25) is 0 Å². The lowest BCUT2D eigenvalue weighted by molar-refractivity contribution is 0.0996. The zero-order chi connectivity index (χ0) is 20.2. The van der Waals surface area contributed by atoms with Gasteiger partial charge in [-0.15, -0.1) is 11.3 Å². The Morgan fingerprint density at radius 1 is 1.17 bits per heavy atom. The molecule has 0 bridgehead atoms. The number of carbonyl (C=O) groups excluding carboxylic acids is 1. The summed E-state index contributed by atoms with van der Waals surface area (Å²) in [6, 6.07) is 14.0. The summed E-state index contributed by atoms with van der Waals surface area (Å²) in [4.78, 5) is 16.3. The second kappa shape index (κ2) is 8.84. The molecular formula is C23H26N2O3S. The predicted octanol–water partition coefficient (Wildman–Crippen LogP) is 5.49. The molecule has 3 heterocycles. The van der Waals surface area contributed by atoms with Crippen LogP contribution in [0.3, 0.4) is 0 Å². The number of methoxy groups -OCH3 is 1. The van der Waals surface area contributed by atoms with E-state index in [1.165, 1.54) is 36.0 Å². The Hall–Kier alpha value is -2.57. The molecule has 1 aliphatic heterocycles. The van der Waals surface area contributed by atoms with Crippen molar-refractivity contribution in [2.45, 2.75) is 32.2 Å². The van der Waals surface area contributed by atoms with Gasteiger partial charge >= 0.3 is 0 Å². The Labute approximate surface area is 175 Å². The number of nitrogens with one attached hydrogen (secondary N) is 1.